The number of hydrogen-bond donors (Lipinski definition) is 1. The van der Waals surface area contributed by atoms with Crippen LogP contribution >= 0.6 is 0 Å². The molecule has 0 saturated carbocycles. The van der Waals surface area contributed by atoms with Crippen molar-refractivity contribution < 1.29 is 13.9 Å². The van der Waals surface area contributed by atoms with Crippen molar-refractivity contribution in [3.05, 3.63) is 30.6 Å². The lowest BCUT2D eigenvalue weighted by atomic mass is 10.2. The molecule has 0 fully saturated rings. The largest absolute Gasteiger partial charge is 0.384 e. The minimum absolute atomic E-state index is 0.296. The molecule has 0 aliphatic rings. The Morgan fingerprint density at radius 1 is 1.24 bits per heavy atom. The molecular weight excluding hydrogens is 234 g/mol. The third-order valence-corrected chi connectivity index (χ3v) is 2.03. The maximum absolute atomic E-state index is 13.7. The molecule has 0 amide bonds. The van der Waals surface area contributed by atoms with Crippen molar-refractivity contribution in [2.75, 3.05) is 0 Å². The maximum Gasteiger partial charge on any atom is 0.224 e. The van der Waals surface area contributed by atoms with Gasteiger partial charge in [0.25, 0.3) is 0 Å². The van der Waals surface area contributed by atoms with Gasteiger partial charge in [0.15, 0.2) is 12.0 Å². The summed E-state index contributed by atoms with van der Waals surface area (Å²) in [6, 6.07) is 1.48. The van der Waals surface area contributed by atoms with Crippen molar-refractivity contribution in [3.8, 4) is 0 Å². The number of aliphatic hydroxyl groups excluding tert-OH is 1. The molecule has 90 valence electrons. The molecule has 0 aliphatic carbocycles. The summed E-state index contributed by atoms with van der Waals surface area (Å²) in [7, 11) is 0. The standard InChI is InChI=1S/C8H8F2N6O/c9-5(8-11-2-1-3-12-8)6(17)7(10)16-4-13-14-15-16/h1-7,17H. The van der Waals surface area contributed by atoms with Crippen LogP contribution in [0.5, 0.6) is 0 Å². The normalized spacial score (nSPS) is 16.4. The molecule has 7 nitrogen and oxygen atoms in total. The van der Waals surface area contributed by atoms with Crippen LogP contribution in [0.1, 0.15) is 18.3 Å². The number of rotatable bonds is 4. The second kappa shape index (κ2) is 4.87. The van der Waals surface area contributed by atoms with Crippen molar-refractivity contribution in [2.24, 2.45) is 0 Å². The van der Waals surface area contributed by atoms with Crippen molar-refractivity contribution in [3.63, 3.8) is 0 Å². The Bertz CT molecular complexity index is 452. The average molecular weight is 242 g/mol. The van der Waals surface area contributed by atoms with E-state index in [1.807, 2.05) is 0 Å². The van der Waals surface area contributed by atoms with Crippen LogP contribution in [0.25, 0.3) is 0 Å². The van der Waals surface area contributed by atoms with Crippen LogP contribution in [0, 0.1) is 0 Å². The molecule has 2 aromatic heterocycles. The number of alkyl halides is 2. The highest BCUT2D eigenvalue weighted by Gasteiger charge is 2.32. The minimum Gasteiger partial charge on any atom is -0.384 e. The van der Waals surface area contributed by atoms with Gasteiger partial charge in [0, 0.05) is 12.4 Å². The molecule has 3 unspecified atom stereocenters. The van der Waals surface area contributed by atoms with Gasteiger partial charge < -0.3 is 5.11 Å². The molecule has 2 rings (SSSR count). The Labute approximate surface area is 94.1 Å². The van der Waals surface area contributed by atoms with E-state index in [2.05, 4.69) is 25.5 Å². The molecular formula is C8H8F2N6O. The summed E-state index contributed by atoms with van der Waals surface area (Å²) in [5.74, 6) is -0.296. The number of halogens is 2. The first-order chi connectivity index (χ1) is 8.20. The smallest absolute Gasteiger partial charge is 0.224 e. The summed E-state index contributed by atoms with van der Waals surface area (Å²) < 4.78 is 27.9. The fraction of sp³-hybridized carbons (Fsp3) is 0.375. The highest BCUT2D eigenvalue weighted by molar-refractivity contribution is 4.96. The predicted octanol–water partition coefficient (Wildman–Crippen LogP) is 0.00290. The summed E-state index contributed by atoms with van der Waals surface area (Å²) in [5, 5.41) is 19.1. The molecule has 1 N–H and O–H groups in total. The van der Waals surface area contributed by atoms with E-state index in [1.54, 1.807) is 0 Å². The first-order valence-corrected chi connectivity index (χ1v) is 4.65. The van der Waals surface area contributed by atoms with E-state index in [1.165, 1.54) is 18.5 Å². The lowest BCUT2D eigenvalue weighted by Crippen LogP contribution is -2.27. The van der Waals surface area contributed by atoms with E-state index < -0.39 is 18.6 Å². The molecule has 2 aromatic rings. The van der Waals surface area contributed by atoms with Crippen LogP contribution in [0.2, 0.25) is 0 Å². The van der Waals surface area contributed by atoms with Gasteiger partial charge in [-0.15, -0.1) is 5.10 Å². The van der Waals surface area contributed by atoms with Crippen molar-refractivity contribution in [2.45, 2.75) is 18.6 Å². The van der Waals surface area contributed by atoms with Gasteiger partial charge in [0.05, 0.1) is 0 Å². The number of hydrogen-bond acceptors (Lipinski definition) is 6. The van der Waals surface area contributed by atoms with E-state index in [0.717, 1.165) is 6.33 Å². The second-order valence-corrected chi connectivity index (χ2v) is 3.16. The fourth-order valence-electron chi connectivity index (χ4n) is 1.18. The molecule has 0 saturated heterocycles. The highest BCUT2D eigenvalue weighted by atomic mass is 19.1. The Kier molecular flexibility index (Phi) is 3.28. The van der Waals surface area contributed by atoms with E-state index in [-0.39, 0.29) is 5.82 Å². The molecule has 0 aliphatic heterocycles. The van der Waals surface area contributed by atoms with Gasteiger partial charge in [-0.3, -0.25) is 0 Å². The number of nitrogens with zero attached hydrogens (tertiary/aromatic N) is 6. The Morgan fingerprint density at radius 2 is 1.94 bits per heavy atom. The average Bonchev–Trinajstić information content (AvgIpc) is 2.91. The Morgan fingerprint density at radius 3 is 2.53 bits per heavy atom. The molecule has 9 heteroatoms. The lowest BCUT2D eigenvalue weighted by molar-refractivity contribution is -0.0309. The monoisotopic (exact) mass is 242 g/mol. The van der Waals surface area contributed by atoms with Gasteiger partial charge in [-0.05, 0) is 16.5 Å². The third kappa shape index (κ3) is 2.38. The topological polar surface area (TPSA) is 89.6 Å². The van der Waals surface area contributed by atoms with E-state index in [0.29, 0.717) is 4.68 Å². The second-order valence-electron chi connectivity index (χ2n) is 3.16. The van der Waals surface area contributed by atoms with Crippen LogP contribution < -0.4 is 0 Å². The summed E-state index contributed by atoms with van der Waals surface area (Å²) in [6.45, 7) is 0. The maximum atomic E-state index is 13.7. The summed E-state index contributed by atoms with van der Waals surface area (Å²) in [5.41, 5.74) is 0. The van der Waals surface area contributed by atoms with Crippen molar-refractivity contribution >= 4 is 0 Å². The van der Waals surface area contributed by atoms with Gasteiger partial charge in [-0.2, -0.15) is 4.68 Å². The number of tetrazole rings is 1. The molecule has 0 aromatic carbocycles. The van der Waals surface area contributed by atoms with Crippen LogP contribution in [0.3, 0.4) is 0 Å². The van der Waals surface area contributed by atoms with Crippen LogP contribution in [0.4, 0.5) is 8.78 Å². The quantitative estimate of drug-likeness (QED) is 0.811. The Hall–Kier alpha value is -2.03. The van der Waals surface area contributed by atoms with Gasteiger partial charge in [0.2, 0.25) is 6.30 Å². The van der Waals surface area contributed by atoms with Gasteiger partial charge in [-0.25, -0.2) is 18.7 Å². The highest BCUT2D eigenvalue weighted by Crippen LogP contribution is 2.26. The Balaban J connectivity index is 2.12. The summed E-state index contributed by atoms with van der Waals surface area (Å²) >= 11 is 0. The number of aliphatic hydroxyl groups is 1. The molecule has 17 heavy (non-hydrogen) atoms. The summed E-state index contributed by atoms with van der Waals surface area (Å²) in [4.78, 5) is 7.18. The summed E-state index contributed by atoms with van der Waals surface area (Å²) in [6.07, 6.45) is -2.62. The van der Waals surface area contributed by atoms with Crippen molar-refractivity contribution in [1.29, 1.82) is 0 Å². The fourth-order valence-corrected chi connectivity index (χ4v) is 1.18. The van der Waals surface area contributed by atoms with Gasteiger partial charge in [-0.1, -0.05) is 0 Å². The van der Waals surface area contributed by atoms with E-state index >= 15 is 0 Å². The number of aromatic nitrogens is 6. The van der Waals surface area contributed by atoms with Gasteiger partial charge >= 0.3 is 0 Å². The van der Waals surface area contributed by atoms with Crippen LogP contribution in [0.15, 0.2) is 24.8 Å². The van der Waals surface area contributed by atoms with Crippen molar-refractivity contribution in [1.82, 2.24) is 30.2 Å². The van der Waals surface area contributed by atoms with Crippen LogP contribution in [-0.4, -0.2) is 41.4 Å². The molecule has 0 radical (unpaired) electrons. The zero-order valence-electron chi connectivity index (χ0n) is 8.43. The lowest BCUT2D eigenvalue weighted by Gasteiger charge is -2.17. The third-order valence-electron chi connectivity index (χ3n) is 2.03. The molecule has 3 atom stereocenters. The minimum atomic E-state index is -2.11. The molecule has 0 spiro atoms. The van der Waals surface area contributed by atoms with Gasteiger partial charge in [0.1, 0.15) is 12.4 Å². The van der Waals surface area contributed by atoms with E-state index in [9.17, 15) is 13.9 Å². The molecule has 0 bridgehead atoms. The first kappa shape index (κ1) is 11.5. The zero-order valence-corrected chi connectivity index (χ0v) is 8.43. The predicted molar refractivity (Wildman–Crippen MR) is 49.8 cm³/mol. The zero-order chi connectivity index (χ0) is 12.3. The SMILES string of the molecule is OC(C(F)c1ncccn1)C(F)n1cnnn1. The van der Waals surface area contributed by atoms with Crippen LogP contribution in [-0.2, 0) is 0 Å². The molecule has 2 heterocycles. The first-order valence-electron chi connectivity index (χ1n) is 4.65. The van der Waals surface area contributed by atoms with E-state index in [4.69, 9.17) is 0 Å².